The number of hydrogen-bond acceptors (Lipinski definition) is 4. The van der Waals surface area contributed by atoms with Crippen LogP contribution in [0.1, 0.15) is 13.3 Å². The predicted molar refractivity (Wildman–Crippen MR) is 83.1 cm³/mol. The van der Waals surface area contributed by atoms with Crippen LogP contribution in [0.2, 0.25) is 0 Å². The fourth-order valence-electron chi connectivity index (χ4n) is 1.43. The number of ether oxygens (including phenoxy) is 1. The summed E-state index contributed by atoms with van der Waals surface area (Å²) >= 11 is 4.10. The summed E-state index contributed by atoms with van der Waals surface area (Å²) in [5, 5.41) is 8.37. The molecule has 1 aliphatic rings. The Morgan fingerprint density at radius 1 is 1.33 bits per heavy atom. The minimum absolute atomic E-state index is 0.276. The molecule has 0 spiro atoms. The topological polar surface area (TPSA) is 34.0 Å². The van der Waals surface area contributed by atoms with E-state index in [9.17, 15) is 0 Å². The molecular formula is C13H15IN2OS. The van der Waals surface area contributed by atoms with Crippen molar-refractivity contribution in [3.63, 3.8) is 0 Å². The molecule has 0 radical (unpaired) electrons. The molecule has 1 aromatic rings. The Labute approximate surface area is 125 Å². The van der Waals surface area contributed by atoms with Crippen molar-refractivity contribution in [1.82, 2.24) is 0 Å². The van der Waals surface area contributed by atoms with E-state index in [0.717, 1.165) is 12.2 Å². The van der Waals surface area contributed by atoms with Crippen molar-refractivity contribution in [2.75, 3.05) is 12.4 Å². The highest BCUT2D eigenvalue weighted by molar-refractivity contribution is 14.1. The number of hydrogen-bond donors (Lipinski definition) is 0. The molecule has 2 rings (SSSR count). The number of rotatable bonds is 6. The summed E-state index contributed by atoms with van der Waals surface area (Å²) in [4.78, 5) is 1.25. The first-order valence-corrected chi connectivity index (χ1v) is 7.93. The van der Waals surface area contributed by atoms with Crippen LogP contribution in [-0.4, -0.2) is 15.9 Å². The van der Waals surface area contributed by atoms with Crippen molar-refractivity contribution < 1.29 is 4.74 Å². The van der Waals surface area contributed by atoms with Gasteiger partial charge in [-0.25, -0.2) is 0 Å². The van der Waals surface area contributed by atoms with E-state index in [2.05, 4.69) is 51.9 Å². The van der Waals surface area contributed by atoms with Gasteiger partial charge in [0.1, 0.15) is 0 Å². The first kappa shape index (κ1) is 13.9. The molecule has 1 aliphatic heterocycles. The lowest BCUT2D eigenvalue weighted by Gasteiger charge is -2.13. The number of alkyl halides is 1. The van der Waals surface area contributed by atoms with E-state index in [0.29, 0.717) is 12.5 Å². The minimum atomic E-state index is -0.276. The Morgan fingerprint density at radius 2 is 2.11 bits per heavy atom. The maximum atomic E-state index is 5.49. The molecule has 0 fully saturated rings. The van der Waals surface area contributed by atoms with Crippen molar-refractivity contribution >= 4 is 34.4 Å². The maximum absolute atomic E-state index is 5.49. The van der Waals surface area contributed by atoms with Crippen molar-refractivity contribution in [3.8, 4) is 0 Å². The van der Waals surface area contributed by atoms with Gasteiger partial charge in [0.25, 0.3) is 0 Å². The molecule has 5 heteroatoms. The summed E-state index contributed by atoms with van der Waals surface area (Å²) < 4.78 is 5.21. The molecule has 3 nitrogen and oxygen atoms in total. The number of thioether (sulfide) groups is 1. The molecule has 0 aromatic heterocycles. The third kappa shape index (κ3) is 3.98. The molecule has 1 unspecified atom stereocenters. The number of nitrogens with zero attached hydrogens (tertiary/aromatic N) is 2. The van der Waals surface area contributed by atoms with Crippen molar-refractivity contribution in [2.45, 2.75) is 21.8 Å². The molecule has 1 aromatic carbocycles. The van der Waals surface area contributed by atoms with Crippen molar-refractivity contribution in [2.24, 2.45) is 10.2 Å². The first-order valence-electron chi connectivity index (χ1n) is 5.87. The summed E-state index contributed by atoms with van der Waals surface area (Å²) in [5.74, 6) is 1.51. The molecule has 0 saturated heterocycles. The van der Waals surface area contributed by atoms with E-state index in [1.54, 1.807) is 11.8 Å². The van der Waals surface area contributed by atoms with Crippen molar-refractivity contribution in [1.29, 1.82) is 0 Å². The standard InChI is InChI=1S/C13H15IN2OS/c1-2-8-17-12-9-13(14,16-15-12)10-18-11-6-4-3-5-7-11/h3-7,9H,2,8,10H2,1H3. The molecule has 18 heavy (non-hydrogen) atoms. The van der Waals surface area contributed by atoms with Gasteiger partial charge in [-0.15, -0.1) is 16.9 Å². The summed E-state index contributed by atoms with van der Waals surface area (Å²) in [6, 6.07) is 10.3. The van der Waals surface area contributed by atoms with Gasteiger partial charge in [-0.2, -0.15) is 5.11 Å². The molecular weight excluding hydrogens is 359 g/mol. The van der Waals surface area contributed by atoms with Crippen LogP contribution < -0.4 is 0 Å². The van der Waals surface area contributed by atoms with Crippen LogP contribution in [0.3, 0.4) is 0 Å². The predicted octanol–water partition coefficient (Wildman–Crippen LogP) is 4.64. The lowest BCUT2D eigenvalue weighted by molar-refractivity contribution is 0.210. The smallest absolute Gasteiger partial charge is 0.232 e. The van der Waals surface area contributed by atoms with Crippen LogP contribution in [0.25, 0.3) is 0 Å². The highest BCUT2D eigenvalue weighted by atomic mass is 127. The average molecular weight is 374 g/mol. The highest BCUT2D eigenvalue weighted by Crippen LogP contribution is 2.36. The van der Waals surface area contributed by atoms with Gasteiger partial charge in [0, 0.05) is 16.7 Å². The Kier molecular flexibility index (Phi) is 5.05. The van der Waals surface area contributed by atoms with Crippen LogP contribution in [-0.2, 0) is 4.74 Å². The van der Waals surface area contributed by atoms with E-state index in [1.165, 1.54) is 4.90 Å². The van der Waals surface area contributed by atoms with Crippen molar-refractivity contribution in [3.05, 3.63) is 42.3 Å². The second-order valence-electron chi connectivity index (χ2n) is 3.95. The molecule has 0 N–H and O–H groups in total. The van der Waals surface area contributed by atoms with Crippen LogP contribution in [0.15, 0.2) is 57.4 Å². The molecule has 0 saturated carbocycles. The lowest BCUT2D eigenvalue weighted by atomic mass is 10.3. The maximum Gasteiger partial charge on any atom is 0.232 e. The molecule has 1 heterocycles. The number of halogens is 1. The van der Waals surface area contributed by atoms with Gasteiger partial charge in [0.2, 0.25) is 5.88 Å². The van der Waals surface area contributed by atoms with Gasteiger partial charge in [-0.05, 0) is 41.1 Å². The second-order valence-corrected chi connectivity index (χ2v) is 6.87. The molecule has 0 aliphatic carbocycles. The van der Waals surface area contributed by atoms with E-state index in [4.69, 9.17) is 4.74 Å². The monoisotopic (exact) mass is 374 g/mol. The fraction of sp³-hybridized carbons (Fsp3) is 0.385. The zero-order chi connectivity index (χ0) is 12.8. The van der Waals surface area contributed by atoms with Gasteiger partial charge in [-0.3, -0.25) is 0 Å². The lowest BCUT2D eigenvalue weighted by Crippen LogP contribution is -2.14. The van der Waals surface area contributed by atoms with E-state index < -0.39 is 0 Å². The van der Waals surface area contributed by atoms with Crippen LogP contribution in [0.5, 0.6) is 0 Å². The van der Waals surface area contributed by atoms with Crippen LogP contribution in [0.4, 0.5) is 0 Å². The zero-order valence-corrected chi connectivity index (χ0v) is 13.1. The Morgan fingerprint density at radius 3 is 2.83 bits per heavy atom. The van der Waals surface area contributed by atoms with Crippen LogP contribution in [0, 0.1) is 0 Å². The molecule has 96 valence electrons. The zero-order valence-electron chi connectivity index (χ0n) is 10.2. The molecule has 1 atom stereocenters. The summed E-state index contributed by atoms with van der Waals surface area (Å²) in [7, 11) is 0. The fourth-order valence-corrected chi connectivity index (χ4v) is 3.13. The van der Waals surface area contributed by atoms with E-state index in [1.807, 2.05) is 24.3 Å². The normalized spacial score (nSPS) is 22.0. The molecule has 0 bridgehead atoms. The molecule has 0 amide bonds. The highest BCUT2D eigenvalue weighted by Gasteiger charge is 2.29. The Hall–Kier alpha value is -0.560. The Bertz CT molecular complexity index is 450. The largest absolute Gasteiger partial charge is 0.477 e. The summed E-state index contributed by atoms with van der Waals surface area (Å²) in [6.07, 6.45) is 2.99. The summed E-state index contributed by atoms with van der Waals surface area (Å²) in [5.41, 5.74) is 0. The van der Waals surface area contributed by atoms with Gasteiger partial charge >= 0.3 is 0 Å². The minimum Gasteiger partial charge on any atom is -0.477 e. The van der Waals surface area contributed by atoms with Gasteiger partial charge in [0.05, 0.1) is 6.61 Å². The van der Waals surface area contributed by atoms with E-state index >= 15 is 0 Å². The number of benzene rings is 1. The third-order valence-electron chi connectivity index (χ3n) is 2.30. The van der Waals surface area contributed by atoms with E-state index in [-0.39, 0.29) is 3.55 Å². The SMILES string of the molecule is CCCOC1=CC(I)(CSc2ccccc2)N=N1. The van der Waals surface area contributed by atoms with Crippen LogP contribution >= 0.6 is 34.4 Å². The average Bonchev–Trinajstić information content (AvgIpc) is 2.78. The Balaban J connectivity index is 1.90. The second kappa shape index (κ2) is 6.56. The third-order valence-corrected chi connectivity index (χ3v) is 4.91. The van der Waals surface area contributed by atoms with Gasteiger partial charge in [-0.1, -0.05) is 25.1 Å². The number of azo groups is 1. The first-order chi connectivity index (χ1) is 8.72. The van der Waals surface area contributed by atoms with Gasteiger partial charge < -0.3 is 4.74 Å². The van der Waals surface area contributed by atoms with Gasteiger partial charge in [0.15, 0.2) is 3.55 Å². The quantitative estimate of drug-likeness (QED) is 0.315. The summed E-state index contributed by atoms with van der Waals surface area (Å²) in [6.45, 7) is 2.78.